The van der Waals surface area contributed by atoms with Crippen molar-refractivity contribution >= 4 is 5.97 Å². The van der Waals surface area contributed by atoms with Gasteiger partial charge in [0.2, 0.25) is 0 Å². The van der Waals surface area contributed by atoms with E-state index in [4.69, 9.17) is 13.7 Å². The van der Waals surface area contributed by atoms with Crippen LogP contribution in [0.2, 0.25) is 0 Å². The van der Waals surface area contributed by atoms with Gasteiger partial charge in [-0.25, -0.2) is 0 Å². The number of rotatable bonds is 7. The molecule has 0 fully saturated rings. The van der Waals surface area contributed by atoms with Crippen molar-refractivity contribution in [2.75, 3.05) is 20.2 Å². The molecule has 0 aliphatic heterocycles. The molecule has 0 atom stereocenters. The molecule has 0 aromatic carbocycles. The first kappa shape index (κ1) is 14.3. The van der Waals surface area contributed by atoms with Crippen molar-refractivity contribution in [3.05, 3.63) is 24.2 Å². The summed E-state index contributed by atoms with van der Waals surface area (Å²) in [5.74, 6) is 1.23. The van der Waals surface area contributed by atoms with Crippen LogP contribution in [-0.4, -0.2) is 41.2 Å². The minimum absolute atomic E-state index is 0.205. The van der Waals surface area contributed by atoms with Crippen LogP contribution in [0.5, 0.6) is 0 Å². The van der Waals surface area contributed by atoms with Crippen molar-refractivity contribution in [3.8, 4) is 11.7 Å². The van der Waals surface area contributed by atoms with Crippen molar-refractivity contribution in [1.82, 2.24) is 15.0 Å². The Balaban J connectivity index is 1.83. The van der Waals surface area contributed by atoms with E-state index in [9.17, 15) is 4.79 Å². The summed E-state index contributed by atoms with van der Waals surface area (Å²) >= 11 is 0. The lowest BCUT2D eigenvalue weighted by Crippen LogP contribution is -2.22. The molecule has 2 aromatic rings. The normalized spacial score (nSPS) is 10.9. The van der Waals surface area contributed by atoms with E-state index >= 15 is 0 Å². The van der Waals surface area contributed by atoms with Crippen LogP contribution in [0, 0.1) is 0 Å². The molecule has 0 bridgehead atoms. The predicted octanol–water partition coefficient (Wildman–Crippen LogP) is 1.71. The number of carbonyl (C=O) groups is 1. The Morgan fingerprint density at radius 3 is 3.05 bits per heavy atom. The van der Waals surface area contributed by atoms with Gasteiger partial charge < -0.3 is 13.7 Å². The summed E-state index contributed by atoms with van der Waals surface area (Å²) in [4.78, 5) is 17.4. The van der Waals surface area contributed by atoms with Crippen LogP contribution >= 0.6 is 0 Å². The van der Waals surface area contributed by atoms with Gasteiger partial charge in [0.25, 0.3) is 5.89 Å². The molecule has 0 aliphatic rings. The van der Waals surface area contributed by atoms with E-state index < -0.39 is 0 Å². The molecular weight excluding hydrogens is 262 g/mol. The Kier molecular flexibility index (Phi) is 4.89. The molecule has 20 heavy (non-hydrogen) atoms. The van der Waals surface area contributed by atoms with Gasteiger partial charge in [-0.15, -0.1) is 0 Å². The molecule has 0 aliphatic carbocycles. The molecule has 0 radical (unpaired) electrons. The molecule has 0 N–H and O–H groups in total. The maximum Gasteiger partial charge on any atom is 0.307 e. The van der Waals surface area contributed by atoms with E-state index in [2.05, 4.69) is 10.1 Å². The van der Waals surface area contributed by atoms with Gasteiger partial charge in [-0.2, -0.15) is 4.98 Å². The van der Waals surface area contributed by atoms with E-state index in [0.29, 0.717) is 43.6 Å². The quantitative estimate of drug-likeness (QED) is 0.713. The van der Waals surface area contributed by atoms with Crippen LogP contribution in [0.15, 0.2) is 27.3 Å². The molecule has 0 saturated carbocycles. The molecule has 0 amide bonds. The fraction of sp³-hybridized carbons (Fsp3) is 0.462. The van der Waals surface area contributed by atoms with Gasteiger partial charge in [-0.05, 0) is 26.1 Å². The first-order chi connectivity index (χ1) is 9.69. The summed E-state index contributed by atoms with van der Waals surface area (Å²) in [5, 5.41) is 3.87. The zero-order chi connectivity index (χ0) is 14.4. The van der Waals surface area contributed by atoms with E-state index in [1.54, 1.807) is 25.3 Å². The van der Waals surface area contributed by atoms with Gasteiger partial charge in [0.05, 0.1) is 25.8 Å². The summed E-state index contributed by atoms with van der Waals surface area (Å²) < 4.78 is 15.1. The second kappa shape index (κ2) is 6.85. The summed E-state index contributed by atoms with van der Waals surface area (Å²) in [6, 6.07) is 3.51. The minimum Gasteiger partial charge on any atom is -0.466 e. The van der Waals surface area contributed by atoms with Crippen molar-refractivity contribution in [1.29, 1.82) is 0 Å². The van der Waals surface area contributed by atoms with E-state index in [1.807, 2.05) is 11.9 Å². The van der Waals surface area contributed by atoms with E-state index in [1.165, 1.54) is 0 Å². The van der Waals surface area contributed by atoms with Crippen molar-refractivity contribution in [2.45, 2.75) is 19.9 Å². The van der Waals surface area contributed by atoms with Gasteiger partial charge in [0.1, 0.15) is 0 Å². The number of nitrogens with zero attached hydrogens (tertiary/aromatic N) is 3. The number of aromatic nitrogens is 2. The molecule has 0 unspecified atom stereocenters. The van der Waals surface area contributed by atoms with Crippen LogP contribution in [0.4, 0.5) is 0 Å². The monoisotopic (exact) mass is 279 g/mol. The third kappa shape index (κ3) is 3.92. The average Bonchev–Trinajstić information content (AvgIpc) is 3.07. The van der Waals surface area contributed by atoms with Gasteiger partial charge in [0.15, 0.2) is 11.6 Å². The lowest BCUT2D eigenvalue weighted by Gasteiger charge is -2.13. The largest absolute Gasteiger partial charge is 0.466 e. The Morgan fingerprint density at radius 2 is 2.35 bits per heavy atom. The number of hydrogen-bond donors (Lipinski definition) is 0. The first-order valence-corrected chi connectivity index (χ1v) is 6.39. The smallest absolute Gasteiger partial charge is 0.307 e. The number of ether oxygens (including phenoxy) is 1. The van der Waals surface area contributed by atoms with E-state index in [-0.39, 0.29) is 5.97 Å². The van der Waals surface area contributed by atoms with Gasteiger partial charge in [-0.3, -0.25) is 9.69 Å². The Bertz CT molecular complexity index is 536. The summed E-state index contributed by atoms with van der Waals surface area (Å²) in [6.45, 7) is 3.25. The lowest BCUT2D eigenvalue weighted by molar-refractivity contribution is -0.143. The third-order valence-corrected chi connectivity index (χ3v) is 2.61. The van der Waals surface area contributed by atoms with Gasteiger partial charge in [0, 0.05) is 6.54 Å². The van der Waals surface area contributed by atoms with Crippen molar-refractivity contribution in [2.24, 2.45) is 0 Å². The highest BCUT2D eigenvalue weighted by atomic mass is 16.5. The molecule has 108 valence electrons. The zero-order valence-corrected chi connectivity index (χ0v) is 11.5. The standard InChI is InChI=1S/C13H17N3O4/c1-3-18-12(17)6-7-16(2)9-11-14-13(20-15-11)10-5-4-8-19-10/h4-5,8H,3,6-7,9H2,1-2H3. The van der Waals surface area contributed by atoms with Crippen LogP contribution in [0.3, 0.4) is 0 Å². The van der Waals surface area contributed by atoms with Crippen molar-refractivity contribution < 1.29 is 18.5 Å². The second-order valence-corrected chi connectivity index (χ2v) is 4.29. The highest BCUT2D eigenvalue weighted by Gasteiger charge is 2.13. The number of carbonyl (C=O) groups excluding carboxylic acids is 1. The van der Waals surface area contributed by atoms with Crippen LogP contribution in [0.25, 0.3) is 11.7 Å². The lowest BCUT2D eigenvalue weighted by atomic mass is 10.4. The Labute approximate surface area is 116 Å². The Hall–Kier alpha value is -2.15. The molecular formula is C13H17N3O4. The molecule has 0 spiro atoms. The fourth-order valence-corrected chi connectivity index (χ4v) is 1.65. The summed E-state index contributed by atoms with van der Waals surface area (Å²) in [7, 11) is 1.88. The van der Waals surface area contributed by atoms with Gasteiger partial charge >= 0.3 is 5.97 Å². The van der Waals surface area contributed by atoms with Gasteiger partial charge in [-0.1, -0.05) is 5.16 Å². The van der Waals surface area contributed by atoms with Crippen LogP contribution in [-0.2, 0) is 16.1 Å². The Morgan fingerprint density at radius 1 is 1.50 bits per heavy atom. The molecule has 7 heteroatoms. The first-order valence-electron chi connectivity index (χ1n) is 6.39. The number of hydrogen-bond acceptors (Lipinski definition) is 7. The number of furan rings is 1. The number of esters is 1. The zero-order valence-electron chi connectivity index (χ0n) is 11.5. The second-order valence-electron chi connectivity index (χ2n) is 4.29. The molecule has 0 saturated heterocycles. The molecule has 2 heterocycles. The average molecular weight is 279 g/mol. The highest BCUT2D eigenvalue weighted by Crippen LogP contribution is 2.17. The molecule has 2 rings (SSSR count). The predicted molar refractivity (Wildman–Crippen MR) is 69.6 cm³/mol. The SMILES string of the molecule is CCOC(=O)CCN(C)Cc1noc(-c2ccco2)n1. The maximum absolute atomic E-state index is 11.2. The molecule has 7 nitrogen and oxygen atoms in total. The topological polar surface area (TPSA) is 81.6 Å². The fourth-order valence-electron chi connectivity index (χ4n) is 1.65. The van der Waals surface area contributed by atoms with Crippen LogP contribution < -0.4 is 0 Å². The minimum atomic E-state index is -0.205. The molecule has 2 aromatic heterocycles. The summed E-state index contributed by atoms with van der Waals surface area (Å²) in [6.07, 6.45) is 1.89. The third-order valence-electron chi connectivity index (χ3n) is 2.61. The maximum atomic E-state index is 11.2. The highest BCUT2D eigenvalue weighted by molar-refractivity contribution is 5.69. The van der Waals surface area contributed by atoms with E-state index in [0.717, 1.165) is 0 Å². The summed E-state index contributed by atoms with van der Waals surface area (Å²) in [5.41, 5.74) is 0. The van der Waals surface area contributed by atoms with Crippen molar-refractivity contribution in [3.63, 3.8) is 0 Å². The van der Waals surface area contributed by atoms with Crippen LogP contribution in [0.1, 0.15) is 19.2 Å².